The van der Waals surface area contributed by atoms with Gasteiger partial charge in [-0.3, -0.25) is 4.79 Å². The van der Waals surface area contributed by atoms with E-state index in [0.29, 0.717) is 12.3 Å². The fourth-order valence-corrected chi connectivity index (χ4v) is 0.644. The van der Waals surface area contributed by atoms with Crippen LogP contribution in [0.15, 0.2) is 0 Å². The number of rotatable bonds is 3. The van der Waals surface area contributed by atoms with Gasteiger partial charge >= 0.3 is 5.97 Å². The predicted octanol–water partition coefficient (Wildman–Crippen LogP) is 2.62. The van der Waals surface area contributed by atoms with Crippen LogP contribution < -0.4 is 0 Å². The first-order valence-electron chi connectivity index (χ1n) is 3.72. The third-order valence-corrected chi connectivity index (χ3v) is 0.942. The minimum Gasteiger partial charge on any atom is -0.463 e. The van der Waals surface area contributed by atoms with E-state index in [9.17, 15) is 4.79 Å². The number of carbonyl (C=O) groups excluding carboxylic acids is 1. The van der Waals surface area contributed by atoms with Crippen molar-refractivity contribution in [2.75, 3.05) is 0 Å². The van der Waals surface area contributed by atoms with Gasteiger partial charge in [0.2, 0.25) is 0 Å². The van der Waals surface area contributed by atoms with Crippen molar-refractivity contribution in [3.05, 3.63) is 0 Å². The Labute approximate surface area is 69.9 Å². The van der Waals surface area contributed by atoms with E-state index in [-0.39, 0.29) is 19.5 Å². The van der Waals surface area contributed by atoms with E-state index in [4.69, 9.17) is 4.74 Å². The summed E-state index contributed by atoms with van der Waals surface area (Å²) in [7, 11) is 0. The van der Waals surface area contributed by atoms with E-state index in [1.807, 2.05) is 27.7 Å². The molecule has 0 N–H and O–H groups in total. The van der Waals surface area contributed by atoms with Gasteiger partial charge in [0.25, 0.3) is 0 Å². The van der Waals surface area contributed by atoms with Gasteiger partial charge in [-0.2, -0.15) is 0 Å². The lowest BCUT2D eigenvalue weighted by Gasteiger charge is -2.08. The Morgan fingerprint density at radius 3 is 2.00 bits per heavy atom. The molecular weight excluding hydrogens is 140 g/mol. The summed E-state index contributed by atoms with van der Waals surface area (Å²) in [6, 6.07) is 0. The van der Waals surface area contributed by atoms with Crippen LogP contribution in [0.3, 0.4) is 0 Å². The van der Waals surface area contributed by atoms with Gasteiger partial charge in [0.15, 0.2) is 0 Å². The second-order valence-electron chi connectivity index (χ2n) is 3.14. The third kappa shape index (κ3) is 9.47. The van der Waals surface area contributed by atoms with E-state index in [1.165, 1.54) is 0 Å². The highest BCUT2D eigenvalue weighted by Gasteiger charge is 2.06. The molecule has 0 saturated heterocycles. The van der Waals surface area contributed by atoms with Crippen LogP contribution in [-0.4, -0.2) is 12.1 Å². The molecule has 0 amide bonds. The summed E-state index contributed by atoms with van der Waals surface area (Å²) in [4.78, 5) is 10.8. The van der Waals surface area contributed by atoms with Crippen LogP contribution in [0.5, 0.6) is 0 Å². The summed E-state index contributed by atoms with van der Waals surface area (Å²) in [5.74, 6) is 0.302. The van der Waals surface area contributed by atoms with Crippen molar-refractivity contribution in [3.8, 4) is 0 Å². The zero-order valence-corrected chi connectivity index (χ0v) is 7.18. The van der Waals surface area contributed by atoms with Crippen molar-refractivity contribution in [1.29, 1.82) is 0 Å². The lowest BCUT2D eigenvalue weighted by atomic mass is 10.1. The van der Waals surface area contributed by atoms with E-state index >= 15 is 0 Å². The lowest BCUT2D eigenvalue weighted by molar-refractivity contribution is -0.148. The maximum absolute atomic E-state index is 10.8. The van der Waals surface area contributed by atoms with Gasteiger partial charge in [0.05, 0.1) is 6.10 Å². The van der Waals surface area contributed by atoms with Crippen molar-refractivity contribution >= 4 is 5.97 Å². The van der Waals surface area contributed by atoms with Crippen LogP contribution in [-0.2, 0) is 9.53 Å². The van der Waals surface area contributed by atoms with Gasteiger partial charge in [-0.15, -0.1) is 0 Å². The highest BCUT2D eigenvalue weighted by atomic mass is 16.5. The molecule has 0 radical (unpaired) electrons. The van der Waals surface area contributed by atoms with Crippen molar-refractivity contribution in [2.24, 2.45) is 5.92 Å². The average Bonchev–Trinajstić information content (AvgIpc) is 1.58. The first-order valence-corrected chi connectivity index (χ1v) is 3.72. The summed E-state index contributed by atoms with van der Waals surface area (Å²) < 4.78 is 4.92. The standard InChI is InChI=1S/C8H16O2.CH4/c1-6(2)5-8(9)10-7(3)4;/h6-7H,5H2,1-4H3;1H4. The minimum absolute atomic E-state index is 0. The van der Waals surface area contributed by atoms with Crippen LogP contribution in [0.1, 0.15) is 41.5 Å². The van der Waals surface area contributed by atoms with Crippen LogP contribution in [0, 0.1) is 5.92 Å². The number of ether oxygens (including phenoxy) is 1. The third-order valence-electron chi connectivity index (χ3n) is 0.942. The van der Waals surface area contributed by atoms with Crippen LogP contribution in [0.2, 0.25) is 0 Å². The molecule has 0 aliphatic rings. The molecule has 0 unspecified atom stereocenters. The van der Waals surface area contributed by atoms with Gasteiger partial charge in [-0.25, -0.2) is 0 Å². The fourth-order valence-electron chi connectivity index (χ4n) is 0.644. The molecule has 0 aromatic carbocycles. The van der Waals surface area contributed by atoms with Gasteiger partial charge in [-0.05, 0) is 19.8 Å². The maximum Gasteiger partial charge on any atom is 0.306 e. The predicted molar refractivity (Wildman–Crippen MR) is 47.4 cm³/mol. The highest BCUT2D eigenvalue weighted by molar-refractivity contribution is 5.69. The molecule has 11 heavy (non-hydrogen) atoms. The first-order chi connectivity index (χ1) is 4.52. The number of esters is 1. The summed E-state index contributed by atoms with van der Waals surface area (Å²) in [5, 5.41) is 0. The van der Waals surface area contributed by atoms with Crippen molar-refractivity contribution in [2.45, 2.75) is 47.6 Å². The molecule has 0 fully saturated rings. The first kappa shape index (κ1) is 13.1. The zero-order chi connectivity index (χ0) is 8.15. The SMILES string of the molecule is C.CC(C)CC(=O)OC(C)C. The quantitative estimate of drug-likeness (QED) is 0.593. The molecule has 0 heterocycles. The molecule has 0 aliphatic heterocycles. The van der Waals surface area contributed by atoms with Gasteiger partial charge < -0.3 is 4.74 Å². The molecule has 0 aromatic heterocycles. The smallest absolute Gasteiger partial charge is 0.306 e. The Morgan fingerprint density at radius 1 is 1.27 bits per heavy atom. The van der Waals surface area contributed by atoms with Crippen molar-refractivity contribution in [1.82, 2.24) is 0 Å². The largest absolute Gasteiger partial charge is 0.463 e. The Morgan fingerprint density at radius 2 is 1.73 bits per heavy atom. The van der Waals surface area contributed by atoms with Gasteiger partial charge in [0, 0.05) is 6.42 Å². The van der Waals surface area contributed by atoms with Crippen LogP contribution >= 0.6 is 0 Å². The summed E-state index contributed by atoms with van der Waals surface area (Å²) in [6.45, 7) is 7.72. The second-order valence-corrected chi connectivity index (χ2v) is 3.14. The molecule has 0 aromatic rings. The normalized spacial score (nSPS) is 9.64. The highest BCUT2D eigenvalue weighted by Crippen LogP contribution is 2.02. The molecule has 0 rings (SSSR count). The van der Waals surface area contributed by atoms with Crippen LogP contribution in [0.25, 0.3) is 0 Å². The molecule has 0 bridgehead atoms. The van der Waals surface area contributed by atoms with E-state index in [0.717, 1.165) is 0 Å². The van der Waals surface area contributed by atoms with E-state index in [1.54, 1.807) is 0 Å². The topological polar surface area (TPSA) is 26.3 Å². The Hall–Kier alpha value is -0.530. The molecule has 2 heteroatoms. The number of hydrogen-bond donors (Lipinski definition) is 0. The molecule has 0 atom stereocenters. The molecule has 0 aliphatic carbocycles. The Bertz CT molecular complexity index is 94.1. The van der Waals surface area contributed by atoms with E-state index < -0.39 is 0 Å². The molecular formula is C9H20O2. The maximum atomic E-state index is 10.8. The Balaban J connectivity index is 0. The minimum atomic E-state index is -0.0926. The number of carbonyl (C=O) groups is 1. The van der Waals surface area contributed by atoms with Gasteiger partial charge in [0.1, 0.15) is 0 Å². The average molecular weight is 160 g/mol. The second kappa shape index (κ2) is 6.20. The van der Waals surface area contributed by atoms with Crippen LogP contribution in [0.4, 0.5) is 0 Å². The molecule has 0 saturated carbocycles. The van der Waals surface area contributed by atoms with Gasteiger partial charge in [-0.1, -0.05) is 21.3 Å². The molecule has 2 nitrogen and oxygen atoms in total. The van der Waals surface area contributed by atoms with Crippen molar-refractivity contribution < 1.29 is 9.53 Å². The monoisotopic (exact) mass is 160 g/mol. The summed E-state index contributed by atoms with van der Waals surface area (Å²) in [5.41, 5.74) is 0. The number of hydrogen-bond acceptors (Lipinski definition) is 2. The summed E-state index contributed by atoms with van der Waals surface area (Å²) in [6.07, 6.45) is 0.546. The fraction of sp³-hybridized carbons (Fsp3) is 0.889. The Kier molecular flexibility index (Phi) is 7.37. The zero-order valence-electron chi connectivity index (χ0n) is 7.18. The molecule has 0 spiro atoms. The van der Waals surface area contributed by atoms with E-state index in [2.05, 4.69) is 0 Å². The molecule has 68 valence electrons. The van der Waals surface area contributed by atoms with Crippen molar-refractivity contribution in [3.63, 3.8) is 0 Å². The summed E-state index contributed by atoms with van der Waals surface area (Å²) >= 11 is 0. The lowest BCUT2D eigenvalue weighted by Crippen LogP contribution is -2.12.